The largest absolute Gasteiger partial charge is 0.357 e. The zero-order chi connectivity index (χ0) is 13.2. The van der Waals surface area contributed by atoms with E-state index >= 15 is 0 Å². The van der Waals surface area contributed by atoms with Crippen molar-refractivity contribution < 1.29 is 0 Å². The highest BCUT2D eigenvalue weighted by molar-refractivity contribution is 7.22. The van der Waals surface area contributed by atoms with Gasteiger partial charge < -0.3 is 5.32 Å². The molecule has 0 aliphatic carbocycles. The SMILES string of the molecule is CCc1ccc(CNc2nc3c(C)cccc3s2)s1. The molecule has 0 fully saturated rings. The maximum Gasteiger partial charge on any atom is 0.184 e. The number of thiazole rings is 1. The van der Waals surface area contributed by atoms with Crippen LogP contribution in [-0.2, 0) is 13.0 Å². The first-order valence-electron chi connectivity index (χ1n) is 6.44. The fourth-order valence-electron chi connectivity index (χ4n) is 2.03. The Morgan fingerprint density at radius 3 is 2.68 bits per heavy atom. The average molecular weight is 288 g/mol. The third-order valence-corrected chi connectivity index (χ3v) is 5.31. The summed E-state index contributed by atoms with van der Waals surface area (Å²) in [6, 6.07) is 10.7. The van der Waals surface area contributed by atoms with Crippen LogP contribution in [0.5, 0.6) is 0 Å². The number of nitrogens with zero attached hydrogens (tertiary/aromatic N) is 1. The molecule has 0 amide bonds. The van der Waals surface area contributed by atoms with E-state index in [0.717, 1.165) is 23.6 Å². The molecule has 1 N–H and O–H groups in total. The number of hydrogen-bond acceptors (Lipinski definition) is 4. The second-order valence-corrected chi connectivity index (χ2v) is 6.80. The summed E-state index contributed by atoms with van der Waals surface area (Å²) in [5, 5.41) is 4.44. The third-order valence-electron chi connectivity index (χ3n) is 3.10. The van der Waals surface area contributed by atoms with E-state index in [-0.39, 0.29) is 0 Å². The number of rotatable bonds is 4. The molecule has 2 aromatic heterocycles. The Hall–Kier alpha value is -1.39. The molecule has 19 heavy (non-hydrogen) atoms. The number of anilines is 1. The van der Waals surface area contributed by atoms with Gasteiger partial charge in [0.2, 0.25) is 0 Å². The highest BCUT2D eigenvalue weighted by Crippen LogP contribution is 2.28. The summed E-state index contributed by atoms with van der Waals surface area (Å²) in [6.45, 7) is 5.17. The van der Waals surface area contributed by atoms with Gasteiger partial charge in [0.15, 0.2) is 5.13 Å². The molecule has 3 rings (SSSR count). The molecule has 1 aromatic carbocycles. The quantitative estimate of drug-likeness (QED) is 0.743. The minimum Gasteiger partial charge on any atom is -0.357 e. The Labute approximate surface area is 121 Å². The van der Waals surface area contributed by atoms with Gasteiger partial charge in [-0.2, -0.15) is 0 Å². The van der Waals surface area contributed by atoms with Crippen molar-refractivity contribution in [3.05, 3.63) is 45.6 Å². The summed E-state index contributed by atoms with van der Waals surface area (Å²) in [7, 11) is 0. The van der Waals surface area contributed by atoms with Crippen LogP contribution in [0, 0.1) is 6.92 Å². The van der Waals surface area contributed by atoms with Gasteiger partial charge in [-0.15, -0.1) is 11.3 Å². The summed E-state index contributed by atoms with van der Waals surface area (Å²) in [5.41, 5.74) is 2.36. The van der Waals surface area contributed by atoms with Crippen molar-refractivity contribution in [3.8, 4) is 0 Å². The number of aromatic nitrogens is 1. The molecule has 0 radical (unpaired) electrons. The molecule has 0 aliphatic rings. The average Bonchev–Trinajstić information content (AvgIpc) is 3.03. The van der Waals surface area contributed by atoms with Crippen molar-refractivity contribution in [3.63, 3.8) is 0 Å². The lowest BCUT2D eigenvalue weighted by atomic mass is 10.2. The Balaban J connectivity index is 1.76. The van der Waals surface area contributed by atoms with Gasteiger partial charge in [0, 0.05) is 9.75 Å². The molecular formula is C15H16N2S2. The summed E-state index contributed by atoms with van der Waals surface area (Å²) >= 11 is 3.60. The van der Waals surface area contributed by atoms with Crippen molar-refractivity contribution >= 4 is 38.0 Å². The molecule has 0 unspecified atom stereocenters. The first-order valence-corrected chi connectivity index (χ1v) is 8.07. The number of benzene rings is 1. The number of nitrogens with one attached hydrogen (secondary N) is 1. The molecule has 0 atom stereocenters. The third kappa shape index (κ3) is 2.65. The van der Waals surface area contributed by atoms with Crippen LogP contribution in [0.4, 0.5) is 5.13 Å². The van der Waals surface area contributed by atoms with Crippen LogP contribution in [0.3, 0.4) is 0 Å². The fourth-order valence-corrected chi connectivity index (χ4v) is 3.87. The number of para-hydroxylation sites is 1. The standard InChI is InChI=1S/C15H16N2S2/c1-3-11-7-8-12(18-11)9-16-15-17-14-10(2)5-4-6-13(14)19-15/h4-8H,3,9H2,1-2H3,(H,16,17). The number of hydrogen-bond donors (Lipinski definition) is 1. The van der Waals surface area contributed by atoms with E-state index in [4.69, 9.17) is 0 Å². The van der Waals surface area contributed by atoms with Gasteiger partial charge in [-0.3, -0.25) is 0 Å². The van der Waals surface area contributed by atoms with Gasteiger partial charge in [-0.05, 0) is 37.1 Å². The molecule has 0 saturated heterocycles. The Morgan fingerprint density at radius 1 is 1.11 bits per heavy atom. The van der Waals surface area contributed by atoms with Crippen LogP contribution in [0.25, 0.3) is 10.2 Å². The number of thiophene rings is 1. The Kier molecular flexibility index (Phi) is 3.53. The first-order chi connectivity index (χ1) is 9.26. The highest BCUT2D eigenvalue weighted by Gasteiger charge is 2.06. The number of aryl methyl sites for hydroxylation is 2. The van der Waals surface area contributed by atoms with Crippen LogP contribution in [-0.4, -0.2) is 4.98 Å². The zero-order valence-corrected chi connectivity index (χ0v) is 12.7. The van der Waals surface area contributed by atoms with Crippen molar-refractivity contribution in [2.75, 3.05) is 5.32 Å². The molecule has 0 saturated carbocycles. The van der Waals surface area contributed by atoms with Crippen molar-refractivity contribution in [1.29, 1.82) is 0 Å². The van der Waals surface area contributed by atoms with Gasteiger partial charge in [0.05, 0.1) is 16.8 Å². The lowest BCUT2D eigenvalue weighted by molar-refractivity contribution is 1.18. The zero-order valence-electron chi connectivity index (χ0n) is 11.1. The van der Waals surface area contributed by atoms with E-state index in [1.54, 1.807) is 11.3 Å². The van der Waals surface area contributed by atoms with Crippen LogP contribution in [0.2, 0.25) is 0 Å². The lowest BCUT2D eigenvalue weighted by Gasteiger charge is -1.98. The predicted molar refractivity (Wildman–Crippen MR) is 85.4 cm³/mol. The van der Waals surface area contributed by atoms with E-state index < -0.39 is 0 Å². The fraction of sp³-hybridized carbons (Fsp3) is 0.267. The summed E-state index contributed by atoms with van der Waals surface area (Å²) in [5.74, 6) is 0. The molecule has 3 aromatic rings. The Morgan fingerprint density at radius 2 is 1.95 bits per heavy atom. The van der Waals surface area contributed by atoms with Gasteiger partial charge >= 0.3 is 0 Å². The summed E-state index contributed by atoms with van der Waals surface area (Å²) < 4.78 is 1.25. The second kappa shape index (κ2) is 5.31. The van der Waals surface area contributed by atoms with Crippen LogP contribution in [0.1, 0.15) is 22.2 Å². The maximum atomic E-state index is 4.67. The molecule has 2 heterocycles. The highest BCUT2D eigenvalue weighted by atomic mass is 32.1. The molecular weight excluding hydrogens is 272 g/mol. The predicted octanol–water partition coefficient (Wildman–Crippen LogP) is 4.84. The molecule has 0 bridgehead atoms. The van der Waals surface area contributed by atoms with E-state index in [1.807, 2.05) is 11.3 Å². The summed E-state index contributed by atoms with van der Waals surface area (Å²) in [4.78, 5) is 7.48. The van der Waals surface area contributed by atoms with E-state index in [2.05, 4.69) is 54.5 Å². The maximum absolute atomic E-state index is 4.67. The van der Waals surface area contributed by atoms with Crippen molar-refractivity contribution in [1.82, 2.24) is 4.98 Å². The lowest BCUT2D eigenvalue weighted by Crippen LogP contribution is -1.96. The molecule has 0 aliphatic heterocycles. The van der Waals surface area contributed by atoms with Gasteiger partial charge in [0.1, 0.15) is 0 Å². The number of fused-ring (bicyclic) bond motifs is 1. The molecule has 4 heteroatoms. The minimum atomic E-state index is 0.865. The van der Waals surface area contributed by atoms with E-state index in [9.17, 15) is 0 Å². The Bertz CT molecular complexity index is 697. The minimum absolute atomic E-state index is 0.865. The monoisotopic (exact) mass is 288 g/mol. The van der Waals surface area contributed by atoms with Gasteiger partial charge in [-0.1, -0.05) is 30.4 Å². The first kappa shape index (κ1) is 12.6. The smallest absolute Gasteiger partial charge is 0.184 e. The van der Waals surface area contributed by atoms with E-state index in [1.165, 1.54) is 20.0 Å². The molecule has 0 spiro atoms. The van der Waals surface area contributed by atoms with Crippen LogP contribution < -0.4 is 5.32 Å². The second-order valence-electron chi connectivity index (χ2n) is 4.52. The van der Waals surface area contributed by atoms with Gasteiger partial charge in [-0.25, -0.2) is 4.98 Å². The summed E-state index contributed by atoms with van der Waals surface area (Å²) in [6.07, 6.45) is 1.12. The van der Waals surface area contributed by atoms with Crippen LogP contribution in [0.15, 0.2) is 30.3 Å². The topological polar surface area (TPSA) is 24.9 Å². The van der Waals surface area contributed by atoms with E-state index in [0.29, 0.717) is 0 Å². The van der Waals surface area contributed by atoms with Gasteiger partial charge in [0.25, 0.3) is 0 Å². The molecule has 2 nitrogen and oxygen atoms in total. The molecule has 98 valence electrons. The van der Waals surface area contributed by atoms with Crippen molar-refractivity contribution in [2.45, 2.75) is 26.8 Å². The normalized spacial score (nSPS) is 11.1. The van der Waals surface area contributed by atoms with Crippen molar-refractivity contribution in [2.24, 2.45) is 0 Å². The van der Waals surface area contributed by atoms with Crippen LogP contribution >= 0.6 is 22.7 Å².